The smallest absolute Gasteiger partial charge is 0.334 e. The minimum Gasteiger partial charge on any atom is -0.458 e. The van der Waals surface area contributed by atoms with Gasteiger partial charge in [0, 0.05) is 99.1 Å². The van der Waals surface area contributed by atoms with Gasteiger partial charge in [0.05, 0.1) is 12.7 Å². The van der Waals surface area contributed by atoms with Crippen LogP contribution in [0.1, 0.15) is 59.8 Å². The summed E-state index contributed by atoms with van der Waals surface area (Å²) < 4.78 is 5.19. The second-order valence-corrected chi connectivity index (χ2v) is 9.87. The van der Waals surface area contributed by atoms with Gasteiger partial charge in [-0.2, -0.15) is 0 Å². The van der Waals surface area contributed by atoms with Gasteiger partial charge in [-0.25, -0.2) is 4.79 Å². The van der Waals surface area contributed by atoms with Crippen LogP contribution in [0.15, 0.2) is 23.8 Å². The van der Waals surface area contributed by atoms with Gasteiger partial charge in [0.1, 0.15) is 6.61 Å². The molecular formula is C23H36Ac2O4. The molecule has 0 bridgehead atoms. The number of ether oxygens (including phenoxy) is 1. The van der Waals surface area contributed by atoms with Crippen molar-refractivity contribution < 1.29 is 108 Å². The molecule has 0 spiro atoms. The Morgan fingerprint density at radius 3 is 2.45 bits per heavy atom. The van der Waals surface area contributed by atoms with Crippen LogP contribution in [0.2, 0.25) is 0 Å². The van der Waals surface area contributed by atoms with Crippen LogP contribution in [0.3, 0.4) is 0 Å². The summed E-state index contributed by atoms with van der Waals surface area (Å²) in [6, 6.07) is 0. The number of fused-ring (bicyclic) bond motifs is 1. The van der Waals surface area contributed by atoms with Gasteiger partial charge in [-0.3, -0.25) is 0 Å². The zero-order chi connectivity index (χ0) is 20.0. The van der Waals surface area contributed by atoms with Crippen molar-refractivity contribution in [2.24, 2.45) is 34.5 Å². The molecule has 3 unspecified atom stereocenters. The molecule has 2 radical (unpaired) electrons. The van der Waals surface area contributed by atoms with E-state index in [1.165, 1.54) is 5.57 Å². The van der Waals surface area contributed by atoms with Gasteiger partial charge in [0.2, 0.25) is 0 Å². The van der Waals surface area contributed by atoms with Crippen molar-refractivity contribution in [3.63, 3.8) is 0 Å². The van der Waals surface area contributed by atoms with Crippen LogP contribution in [0.5, 0.6) is 0 Å². The van der Waals surface area contributed by atoms with Crippen LogP contribution in [0.4, 0.5) is 0 Å². The van der Waals surface area contributed by atoms with Gasteiger partial charge in [0.25, 0.3) is 0 Å². The molecule has 2 aliphatic carbocycles. The fourth-order valence-electron chi connectivity index (χ4n) is 6.32. The average molecular weight is 831 g/mol. The fraction of sp³-hybridized carbons (Fsp3) is 0.783. The molecule has 0 saturated heterocycles. The van der Waals surface area contributed by atoms with E-state index in [2.05, 4.69) is 27.4 Å². The van der Waals surface area contributed by atoms with Crippen molar-refractivity contribution in [3.05, 3.63) is 23.8 Å². The average Bonchev–Trinajstić information content (AvgIpc) is 3.03. The number of rotatable bonds is 5. The maximum Gasteiger partial charge on any atom is 0.334 e. The molecule has 2 saturated carbocycles. The summed E-state index contributed by atoms with van der Waals surface area (Å²) in [5, 5.41) is 20.8. The number of cyclic esters (lactones) is 1. The van der Waals surface area contributed by atoms with E-state index in [0.29, 0.717) is 18.9 Å². The quantitative estimate of drug-likeness (QED) is 0.327. The third-order valence-corrected chi connectivity index (χ3v) is 8.14. The molecule has 2 N–H and O–H groups in total. The second-order valence-electron chi connectivity index (χ2n) is 9.87. The number of aliphatic hydroxyl groups is 2. The number of allylic oxidation sites excluding steroid dienone is 1. The van der Waals surface area contributed by atoms with Crippen LogP contribution in [0, 0.1) is 123 Å². The van der Waals surface area contributed by atoms with E-state index in [1.807, 2.05) is 13.0 Å². The number of hydrogen-bond donors (Lipinski definition) is 2. The molecule has 4 nitrogen and oxygen atoms in total. The minimum atomic E-state index is -0.467. The van der Waals surface area contributed by atoms with E-state index < -0.39 is 11.5 Å². The standard InChI is InChI=1S/C23H36O4.2Ac/c1-14(2)17(16-9-11-27-21(16)26)12-18-15(3)6-7-19-22(18,4)10-8-20(25)23(19,5)13-24;;/h9,14,17-20,24-25H,3,6-8,10-13H2,1-2,4-5H3;;/t17?,18-,19?,20?,22+,23-;;/m0../s1. The first-order chi connectivity index (χ1) is 12.6. The van der Waals surface area contributed by atoms with Gasteiger partial charge in [-0.05, 0) is 67.3 Å². The Balaban J connectivity index is 0.00000210. The Labute approximate surface area is 247 Å². The van der Waals surface area contributed by atoms with Gasteiger partial charge in [-0.1, -0.05) is 39.8 Å². The predicted octanol–water partition coefficient (Wildman–Crippen LogP) is 3.87. The molecule has 6 heteroatoms. The van der Waals surface area contributed by atoms with Crippen LogP contribution in [0.25, 0.3) is 0 Å². The number of hydrogen-bond acceptors (Lipinski definition) is 4. The van der Waals surface area contributed by atoms with Crippen LogP contribution >= 0.6 is 0 Å². The summed E-state index contributed by atoms with van der Waals surface area (Å²) in [4.78, 5) is 12.2. The van der Waals surface area contributed by atoms with E-state index in [-0.39, 0.29) is 124 Å². The third kappa shape index (κ3) is 5.30. The zero-order valence-corrected chi connectivity index (χ0v) is 28.0. The molecule has 3 rings (SSSR count). The molecule has 1 heterocycles. The molecule has 0 aromatic heterocycles. The third-order valence-electron chi connectivity index (χ3n) is 8.14. The van der Waals surface area contributed by atoms with Crippen molar-refractivity contribution >= 4 is 5.97 Å². The number of carbonyl (C=O) groups is 1. The first-order valence-corrected chi connectivity index (χ1v) is 10.5. The summed E-state index contributed by atoms with van der Waals surface area (Å²) in [5.41, 5.74) is 1.61. The van der Waals surface area contributed by atoms with Gasteiger partial charge in [-0.15, -0.1) is 0 Å². The molecule has 1 aliphatic heterocycles. The van der Waals surface area contributed by atoms with E-state index >= 15 is 0 Å². The van der Waals surface area contributed by atoms with Crippen molar-refractivity contribution in [3.8, 4) is 0 Å². The second kappa shape index (κ2) is 11.3. The Hall–Kier alpha value is 1.75. The van der Waals surface area contributed by atoms with E-state index in [1.54, 1.807) is 0 Å². The Morgan fingerprint density at radius 1 is 1.28 bits per heavy atom. The topological polar surface area (TPSA) is 66.8 Å². The molecule has 6 atom stereocenters. The number of aliphatic hydroxyl groups excluding tert-OH is 2. The first-order valence-electron chi connectivity index (χ1n) is 10.5. The Morgan fingerprint density at radius 2 is 1.93 bits per heavy atom. The number of carbonyl (C=O) groups excluding carboxylic acids is 1. The summed E-state index contributed by atoms with van der Waals surface area (Å²) in [6.07, 6.45) is 5.93. The normalized spacial score (nSPS) is 37.8. The summed E-state index contributed by atoms with van der Waals surface area (Å²) in [5.74, 6) is 0.876. The van der Waals surface area contributed by atoms with Crippen LogP contribution in [-0.2, 0) is 9.53 Å². The van der Waals surface area contributed by atoms with Gasteiger partial charge >= 0.3 is 5.97 Å². The predicted molar refractivity (Wildman–Crippen MR) is 106 cm³/mol. The molecule has 0 aromatic carbocycles. The molecule has 2 fully saturated rings. The molecular weight excluding hydrogens is 794 g/mol. The first kappa shape index (κ1) is 28.8. The Kier molecular flexibility index (Phi) is 11.2. The van der Waals surface area contributed by atoms with Gasteiger partial charge < -0.3 is 14.9 Å². The van der Waals surface area contributed by atoms with E-state index in [4.69, 9.17) is 4.74 Å². The zero-order valence-electron chi connectivity index (χ0n) is 18.5. The monoisotopic (exact) mass is 830 g/mol. The Bertz CT molecular complexity index is 647. The van der Waals surface area contributed by atoms with E-state index in [9.17, 15) is 15.0 Å². The summed E-state index contributed by atoms with van der Waals surface area (Å²) in [7, 11) is 0. The number of esters is 1. The SMILES string of the molecule is C=C1CCC2[C@](C)(CO)C(O)CC[C@]2(C)[C@H]1CC(C1=CCOC1=O)C(C)C.[Ac].[Ac]. The molecule has 0 amide bonds. The maximum atomic E-state index is 12.2. The molecule has 29 heavy (non-hydrogen) atoms. The minimum absolute atomic E-state index is 0. The van der Waals surface area contributed by atoms with Gasteiger partial charge in [0.15, 0.2) is 0 Å². The van der Waals surface area contributed by atoms with E-state index in [0.717, 1.165) is 31.3 Å². The fourth-order valence-corrected chi connectivity index (χ4v) is 6.32. The van der Waals surface area contributed by atoms with Crippen molar-refractivity contribution in [1.29, 1.82) is 0 Å². The molecule has 0 aromatic rings. The van der Waals surface area contributed by atoms with Crippen molar-refractivity contribution in [2.75, 3.05) is 13.2 Å². The molecule has 3 aliphatic rings. The van der Waals surface area contributed by atoms with Crippen LogP contribution in [-0.4, -0.2) is 35.5 Å². The molecule has 158 valence electrons. The van der Waals surface area contributed by atoms with Crippen LogP contribution < -0.4 is 0 Å². The maximum absolute atomic E-state index is 12.2. The summed E-state index contributed by atoms with van der Waals surface area (Å²) in [6.45, 7) is 13.5. The largest absolute Gasteiger partial charge is 0.458 e. The summed E-state index contributed by atoms with van der Waals surface area (Å²) >= 11 is 0. The van der Waals surface area contributed by atoms with Crippen molar-refractivity contribution in [2.45, 2.75) is 65.9 Å². The van der Waals surface area contributed by atoms with Crippen molar-refractivity contribution in [1.82, 2.24) is 0 Å².